The van der Waals surface area contributed by atoms with Crippen LogP contribution in [-0.2, 0) is 9.53 Å². The summed E-state index contributed by atoms with van der Waals surface area (Å²) in [6.45, 7) is 0. The van der Waals surface area contributed by atoms with Gasteiger partial charge in [0.25, 0.3) is 0 Å². The van der Waals surface area contributed by atoms with Crippen molar-refractivity contribution in [1.29, 1.82) is 0 Å². The molecule has 0 atom stereocenters. The molecule has 0 bridgehead atoms. The van der Waals surface area contributed by atoms with Crippen LogP contribution in [0.3, 0.4) is 0 Å². The molecule has 0 amide bonds. The number of rotatable bonds is 1. The van der Waals surface area contributed by atoms with Gasteiger partial charge in [-0.2, -0.15) is 0 Å². The summed E-state index contributed by atoms with van der Waals surface area (Å²) in [5, 5.41) is 0. The van der Waals surface area contributed by atoms with E-state index in [0.29, 0.717) is 11.0 Å². The van der Waals surface area contributed by atoms with Gasteiger partial charge >= 0.3 is 11.9 Å². The van der Waals surface area contributed by atoms with Crippen molar-refractivity contribution in [2.45, 2.75) is 0 Å². The molecule has 0 spiro atoms. The Morgan fingerprint density at radius 1 is 1.00 bits per heavy atom. The number of hydrogen-bond acceptors (Lipinski definition) is 6. The number of fused-ring (bicyclic) bond motifs is 2. The minimum Gasteiger partial charge on any atom is -0.384 e. The molecule has 1 aromatic heterocycles. The van der Waals surface area contributed by atoms with Crippen molar-refractivity contribution >= 4 is 28.5 Å². The molecular weight excluding hydrogens is 258 g/mol. The maximum absolute atomic E-state index is 11.8. The Balaban J connectivity index is 2.31. The summed E-state index contributed by atoms with van der Waals surface area (Å²) in [5.74, 6) is -1.47. The second-order valence-corrected chi connectivity index (χ2v) is 4.59. The van der Waals surface area contributed by atoms with Crippen LogP contribution in [0.5, 0.6) is 0 Å². The smallest absolute Gasteiger partial charge is 0.367 e. The van der Waals surface area contributed by atoms with Crippen LogP contribution in [0.25, 0.3) is 16.6 Å². The van der Waals surface area contributed by atoms with Crippen LogP contribution in [0.15, 0.2) is 30.5 Å². The Labute approximate surface area is 114 Å². The minimum atomic E-state index is -0.765. The number of ether oxygens (including phenoxy) is 1. The first-order valence-corrected chi connectivity index (χ1v) is 5.98. The average molecular weight is 269 g/mol. The van der Waals surface area contributed by atoms with Crippen LogP contribution >= 0.6 is 0 Å². The second-order valence-electron chi connectivity index (χ2n) is 4.59. The van der Waals surface area contributed by atoms with Gasteiger partial charge in [0.05, 0.1) is 11.0 Å². The normalized spacial score (nSPS) is 16.2. The minimum absolute atomic E-state index is 0.0661. The first-order valence-electron chi connectivity index (χ1n) is 5.98. The van der Waals surface area contributed by atoms with Gasteiger partial charge in [-0.25, -0.2) is 19.6 Å². The molecular formula is C14H11N3O3. The van der Waals surface area contributed by atoms with Crippen molar-refractivity contribution in [1.82, 2.24) is 14.9 Å². The highest BCUT2D eigenvalue weighted by Gasteiger charge is 2.33. The van der Waals surface area contributed by atoms with Crippen molar-refractivity contribution in [3.63, 3.8) is 0 Å². The van der Waals surface area contributed by atoms with E-state index in [-0.39, 0.29) is 17.0 Å². The summed E-state index contributed by atoms with van der Waals surface area (Å²) in [6.07, 6.45) is 1.57. The topological polar surface area (TPSA) is 72.4 Å². The fourth-order valence-electron chi connectivity index (χ4n) is 1.99. The SMILES string of the molecule is CN(C)/C=C1/C(=O)OC(=O)c2nc3ccccc3nc21. The number of para-hydroxylation sites is 2. The van der Waals surface area contributed by atoms with E-state index in [0.717, 1.165) is 0 Å². The van der Waals surface area contributed by atoms with Crippen LogP contribution in [-0.4, -0.2) is 40.9 Å². The predicted molar refractivity (Wildman–Crippen MR) is 71.6 cm³/mol. The molecule has 0 fully saturated rings. The first-order chi connectivity index (χ1) is 9.56. The fourth-order valence-corrected chi connectivity index (χ4v) is 1.99. The molecule has 0 saturated heterocycles. The summed E-state index contributed by atoms with van der Waals surface area (Å²) in [7, 11) is 3.54. The Kier molecular flexibility index (Phi) is 2.71. The fraction of sp³-hybridized carbons (Fsp3) is 0.143. The zero-order chi connectivity index (χ0) is 14.3. The summed E-state index contributed by atoms with van der Waals surface area (Å²) >= 11 is 0. The number of aromatic nitrogens is 2. The average Bonchev–Trinajstić information content (AvgIpc) is 2.41. The molecule has 0 radical (unpaired) electrons. The summed E-state index contributed by atoms with van der Waals surface area (Å²) in [5.41, 5.74) is 1.76. The van der Waals surface area contributed by atoms with E-state index < -0.39 is 11.9 Å². The van der Waals surface area contributed by atoms with Crippen molar-refractivity contribution in [2.24, 2.45) is 0 Å². The van der Waals surface area contributed by atoms with Gasteiger partial charge in [0.2, 0.25) is 0 Å². The van der Waals surface area contributed by atoms with E-state index in [1.54, 1.807) is 43.4 Å². The molecule has 6 heteroatoms. The molecule has 20 heavy (non-hydrogen) atoms. The van der Waals surface area contributed by atoms with E-state index in [1.165, 1.54) is 0 Å². The Morgan fingerprint density at radius 3 is 2.20 bits per heavy atom. The quantitative estimate of drug-likeness (QED) is 0.440. The van der Waals surface area contributed by atoms with Crippen LogP contribution in [0, 0.1) is 0 Å². The third kappa shape index (κ3) is 1.91. The van der Waals surface area contributed by atoms with Crippen molar-refractivity contribution in [3.05, 3.63) is 41.9 Å². The number of carbonyl (C=O) groups is 2. The lowest BCUT2D eigenvalue weighted by molar-refractivity contribution is -0.131. The van der Waals surface area contributed by atoms with Crippen LogP contribution in [0.2, 0.25) is 0 Å². The standard InChI is InChI=1S/C14H11N3O3/c1-17(2)7-8-11-12(14(19)20-13(8)18)16-10-6-4-3-5-9(10)15-11/h3-7H,1-2H3/b8-7+. The molecule has 3 rings (SSSR count). The molecule has 0 aliphatic carbocycles. The highest BCUT2D eigenvalue weighted by molar-refractivity contribution is 6.25. The maximum atomic E-state index is 11.8. The molecule has 0 saturated carbocycles. The number of cyclic esters (lactones) is 2. The van der Waals surface area contributed by atoms with Crippen molar-refractivity contribution in [2.75, 3.05) is 14.1 Å². The lowest BCUT2D eigenvalue weighted by atomic mass is 10.1. The summed E-state index contributed by atoms with van der Waals surface area (Å²) < 4.78 is 4.70. The Bertz CT molecular complexity index is 765. The van der Waals surface area contributed by atoms with E-state index in [9.17, 15) is 9.59 Å². The predicted octanol–water partition coefficient (Wildman–Crippen LogP) is 1.23. The summed E-state index contributed by atoms with van der Waals surface area (Å²) in [4.78, 5) is 33.9. The highest BCUT2D eigenvalue weighted by Crippen LogP contribution is 2.26. The third-order valence-corrected chi connectivity index (χ3v) is 2.81. The van der Waals surface area contributed by atoms with Crippen molar-refractivity contribution < 1.29 is 14.3 Å². The highest BCUT2D eigenvalue weighted by atomic mass is 16.6. The lowest BCUT2D eigenvalue weighted by Gasteiger charge is -2.17. The Hall–Kier alpha value is -2.76. The monoisotopic (exact) mass is 269 g/mol. The summed E-state index contributed by atoms with van der Waals surface area (Å²) in [6, 6.07) is 7.16. The number of nitrogens with zero attached hydrogens (tertiary/aromatic N) is 3. The van der Waals surface area contributed by atoms with Gasteiger partial charge in [-0.15, -0.1) is 0 Å². The number of benzene rings is 1. The Morgan fingerprint density at radius 2 is 1.60 bits per heavy atom. The number of hydrogen-bond donors (Lipinski definition) is 0. The second kappa shape index (κ2) is 4.41. The molecule has 1 aromatic carbocycles. The lowest BCUT2D eigenvalue weighted by Crippen LogP contribution is -2.25. The maximum Gasteiger partial charge on any atom is 0.367 e. The molecule has 6 nitrogen and oxygen atoms in total. The molecule has 1 aliphatic heterocycles. The van der Waals surface area contributed by atoms with Gasteiger partial charge < -0.3 is 9.64 Å². The van der Waals surface area contributed by atoms with Gasteiger partial charge in [0, 0.05) is 20.3 Å². The molecule has 2 heterocycles. The molecule has 100 valence electrons. The largest absolute Gasteiger partial charge is 0.384 e. The van der Waals surface area contributed by atoms with Gasteiger partial charge in [0.15, 0.2) is 5.69 Å². The number of carbonyl (C=O) groups excluding carboxylic acids is 2. The van der Waals surface area contributed by atoms with E-state index in [2.05, 4.69) is 9.97 Å². The molecule has 2 aromatic rings. The molecule has 0 unspecified atom stereocenters. The van der Waals surface area contributed by atoms with Gasteiger partial charge in [-0.1, -0.05) is 12.1 Å². The van der Waals surface area contributed by atoms with Crippen LogP contribution < -0.4 is 0 Å². The van der Waals surface area contributed by atoms with Crippen LogP contribution in [0.4, 0.5) is 0 Å². The first kappa shape index (κ1) is 12.3. The van der Waals surface area contributed by atoms with Crippen molar-refractivity contribution in [3.8, 4) is 0 Å². The van der Waals surface area contributed by atoms with Gasteiger partial charge in [0.1, 0.15) is 11.3 Å². The van der Waals surface area contributed by atoms with E-state index in [4.69, 9.17) is 4.74 Å². The van der Waals surface area contributed by atoms with Gasteiger partial charge in [-0.3, -0.25) is 0 Å². The zero-order valence-corrected chi connectivity index (χ0v) is 11.0. The molecule has 0 N–H and O–H groups in total. The zero-order valence-electron chi connectivity index (χ0n) is 11.0. The van der Waals surface area contributed by atoms with Gasteiger partial charge in [-0.05, 0) is 12.1 Å². The van der Waals surface area contributed by atoms with Crippen LogP contribution in [0.1, 0.15) is 16.2 Å². The number of esters is 2. The van der Waals surface area contributed by atoms with E-state index in [1.807, 2.05) is 6.07 Å². The molecule has 1 aliphatic rings. The van der Waals surface area contributed by atoms with E-state index >= 15 is 0 Å². The third-order valence-electron chi connectivity index (χ3n) is 2.81.